The number of carbonyl (C=O) groups is 1. The molecule has 0 fully saturated rings. The Hall–Kier alpha value is -2.63. The number of amides is 1. The minimum absolute atomic E-state index is 0.0837. The van der Waals surface area contributed by atoms with Gasteiger partial charge in [-0.05, 0) is 18.1 Å². The highest BCUT2D eigenvalue weighted by Gasteiger charge is 2.11. The third kappa shape index (κ3) is 3.00. The average molecular weight is 297 g/mol. The first kappa shape index (κ1) is 14.3. The number of para-hydroxylation sites is 1. The number of nitrogens with zero attached hydrogens (tertiary/aromatic N) is 2. The fraction of sp³-hybridized carbons (Fsp3) is 0.312. The number of aromatic nitrogens is 4. The molecule has 22 heavy (non-hydrogen) atoms. The molecule has 3 N–H and O–H groups in total. The van der Waals surface area contributed by atoms with E-state index in [0.29, 0.717) is 18.8 Å². The van der Waals surface area contributed by atoms with Gasteiger partial charge in [-0.25, -0.2) is 0 Å². The highest BCUT2D eigenvalue weighted by molar-refractivity contribution is 5.90. The Balaban J connectivity index is 1.60. The number of carbonyl (C=O) groups excluding carboxylic acids is 1. The van der Waals surface area contributed by atoms with Crippen LogP contribution in [-0.2, 0) is 11.2 Å². The van der Waals surface area contributed by atoms with Crippen LogP contribution >= 0.6 is 0 Å². The van der Waals surface area contributed by atoms with Gasteiger partial charge in [0.15, 0.2) is 0 Å². The zero-order chi connectivity index (χ0) is 15.5. The average Bonchev–Trinajstić information content (AvgIpc) is 3.12. The van der Waals surface area contributed by atoms with Crippen molar-refractivity contribution in [3.05, 3.63) is 41.9 Å². The van der Waals surface area contributed by atoms with Crippen molar-refractivity contribution in [3.63, 3.8) is 0 Å². The maximum absolute atomic E-state index is 12.0. The van der Waals surface area contributed by atoms with Crippen LogP contribution in [0, 0.1) is 0 Å². The van der Waals surface area contributed by atoms with Gasteiger partial charge in [-0.2, -0.15) is 4.98 Å². The SMILES string of the molecule is CC(C)c1nc(NC(=O)CCc2c[nH]c3ccccc23)n[nH]1. The number of nitrogens with one attached hydrogen (secondary N) is 3. The highest BCUT2D eigenvalue weighted by Crippen LogP contribution is 2.19. The number of hydrogen-bond donors (Lipinski definition) is 3. The van der Waals surface area contributed by atoms with E-state index < -0.39 is 0 Å². The van der Waals surface area contributed by atoms with Gasteiger partial charge in [0.1, 0.15) is 5.82 Å². The first-order chi connectivity index (χ1) is 10.6. The van der Waals surface area contributed by atoms with Gasteiger partial charge in [0.2, 0.25) is 11.9 Å². The van der Waals surface area contributed by atoms with E-state index in [9.17, 15) is 4.79 Å². The summed E-state index contributed by atoms with van der Waals surface area (Å²) in [4.78, 5) is 19.5. The molecular weight excluding hydrogens is 278 g/mol. The van der Waals surface area contributed by atoms with Crippen molar-refractivity contribution in [2.45, 2.75) is 32.6 Å². The van der Waals surface area contributed by atoms with Crippen molar-refractivity contribution in [3.8, 4) is 0 Å². The fourth-order valence-electron chi connectivity index (χ4n) is 2.36. The van der Waals surface area contributed by atoms with Crippen LogP contribution in [0.2, 0.25) is 0 Å². The van der Waals surface area contributed by atoms with E-state index in [4.69, 9.17) is 0 Å². The van der Waals surface area contributed by atoms with Crippen LogP contribution in [-0.4, -0.2) is 26.1 Å². The van der Waals surface area contributed by atoms with Crippen molar-refractivity contribution in [2.75, 3.05) is 5.32 Å². The van der Waals surface area contributed by atoms with Crippen LogP contribution in [0.5, 0.6) is 0 Å². The van der Waals surface area contributed by atoms with E-state index >= 15 is 0 Å². The first-order valence-electron chi connectivity index (χ1n) is 7.40. The normalized spacial score (nSPS) is 11.2. The van der Waals surface area contributed by atoms with Crippen molar-refractivity contribution >= 4 is 22.8 Å². The summed E-state index contributed by atoms with van der Waals surface area (Å²) >= 11 is 0. The number of anilines is 1. The lowest BCUT2D eigenvalue weighted by Gasteiger charge is -2.01. The summed E-state index contributed by atoms with van der Waals surface area (Å²) < 4.78 is 0. The number of aromatic amines is 2. The van der Waals surface area contributed by atoms with E-state index in [2.05, 4.69) is 31.5 Å². The molecule has 3 aromatic rings. The van der Waals surface area contributed by atoms with Gasteiger partial charge < -0.3 is 4.98 Å². The molecule has 0 aliphatic heterocycles. The van der Waals surface area contributed by atoms with E-state index in [1.807, 2.05) is 38.2 Å². The summed E-state index contributed by atoms with van der Waals surface area (Å²) in [6.45, 7) is 4.03. The van der Waals surface area contributed by atoms with Crippen LogP contribution in [0.4, 0.5) is 5.95 Å². The topological polar surface area (TPSA) is 86.5 Å². The number of benzene rings is 1. The maximum Gasteiger partial charge on any atom is 0.248 e. The van der Waals surface area contributed by atoms with Crippen LogP contribution < -0.4 is 5.32 Å². The molecule has 6 nitrogen and oxygen atoms in total. The Bertz CT molecular complexity index is 787. The predicted octanol–water partition coefficient (Wildman–Crippen LogP) is 2.98. The molecular formula is C16H19N5O. The number of H-pyrrole nitrogens is 2. The molecule has 1 amide bonds. The number of fused-ring (bicyclic) bond motifs is 1. The molecule has 3 rings (SSSR count). The highest BCUT2D eigenvalue weighted by atomic mass is 16.1. The van der Waals surface area contributed by atoms with E-state index in [0.717, 1.165) is 22.3 Å². The van der Waals surface area contributed by atoms with Gasteiger partial charge in [-0.1, -0.05) is 32.0 Å². The summed E-state index contributed by atoms with van der Waals surface area (Å²) in [6, 6.07) is 8.08. The number of rotatable bonds is 5. The van der Waals surface area contributed by atoms with Crippen LogP contribution in [0.25, 0.3) is 10.9 Å². The lowest BCUT2D eigenvalue weighted by molar-refractivity contribution is -0.116. The molecule has 0 atom stereocenters. The summed E-state index contributed by atoms with van der Waals surface area (Å²) in [6.07, 6.45) is 3.03. The van der Waals surface area contributed by atoms with E-state index in [1.54, 1.807) is 0 Å². The van der Waals surface area contributed by atoms with Crippen LogP contribution in [0.3, 0.4) is 0 Å². The first-order valence-corrected chi connectivity index (χ1v) is 7.40. The Labute approximate surface area is 128 Å². The summed E-state index contributed by atoms with van der Waals surface area (Å²) in [7, 11) is 0. The Morgan fingerprint density at radius 1 is 1.32 bits per heavy atom. The molecule has 6 heteroatoms. The van der Waals surface area contributed by atoms with Crippen molar-refractivity contribution in [2.24, 2.45) is 0 Å². The molecule has 1 aromatic carbocycles. The summed E-state index contributed by atoms with van der Waals surface area (Å²) in [5.41, 5.74) is 2.23. The molecule has 0 aliphatic rings. The zero-order valence-corrected chi connectivity index (χ0v) is 12.7. The Morgan fingerprint density at radius 3 is 2.91 bits per heavy atom. The van der Waals surface area contributed by atoms with Crippen molar-refractivity contribution in [1.29, 1.82) is 0 Å². The lowest BCUT2D eigenvalue weighted by atomic mass is 10.1. The number of aryl methyl sites for hydroxylation is 1. The second-order valence-corrected chi connectivity index (χ2v) is 5.61. The predicted molar refractivity (Wildman–Crippen MR) is 85.7 cm³/mol. The monoisotopic (exact) mass is 297 g/mol. The molecule has 0 saturated carbocycles. The fourth-order valence-corrected chi connectivity index (χ4v) is 2.36. The molecule has 0 radical (unpaired) electrons. The molecule has 0 saturated heterocycles. The van der Waals surface area contributed by atoms with E-state index in [-0.39, 0.29) is 11.8 Å². The quantitative estimate of drug-likeness (QED) is 0.676. The zero-order valence-electron chi connectivity index (χ0n) is 12.7. The molecule has 0 bridgehead atoms. The van der Waals surface area contributed by atoms with Crippen LogP contribution in [0.1, 0.15) is 37.6 Å². The standard InChI is InChI=1S/C16H19N5O/c1-10(2)15-19-16(21-20-15)18-14(22)8-7-11-9-17-13-6-4-3-5-12(11)13/h3-6,9-10,17H,7-8H2,1-2H3,(H2,18,19,20,21,22). The third-order valence-corrected chi connectivity index (χ3v) is 3.60. The summed E-state index contributed by atoms with van der Waals surface area (Å²) in [5.74, 6) is 1.28. The Morgan fingerprint density at radius 2 is 2.14 bits per heavy atom. The molecule has 2 heterocycles. The van der Waals surface area contributed by atoms with Crippen molar-refractivity contribution in [1.82, 2.24) is 20.2 Å². The van der Waals surface area contributed by atoms with Gasteiger partial charge >= 0.3 is 0 Å². The van der Waals surface area contributed by atoms with Gasteiger partial charge in [0.05, 0.1) is 0 Å². The smallest absolute Gasteiger partial charge is 0.248 e. The Kier molecular flexibility index (Phi) is 3.91. The van der Waals surface area contributed by atoms with Gasteiger partial charge in [0.25, 0.3) is 0 Å². The van der Waals surface area contributed by atoms with Gasteiger partial charge in [-0.3, -0.25) is 15.2 Å². The van der Waals surface area contributed by atoms with Gasteiger partial charge in [0, 0.05) is 29.4 Å². The molecule has 114 valence electrons. The minimum atomic E-state index is -0.0837. The largest absolute Gasteiger partial charge is 0.361 e. The molecule has 0 aliphatic carbocycles. The van der Waals surface area contributed by atoms with Crippen molar-refractivity contribution < 1.29 is 4.79 Å². The van der Waals surface area contributed by atoms with Gasteiger partial charge in [-0.15, -0.1) is 5.10 Å². The van der Waals surface area contributed by atoms with E-state index in [1.165, 1.54) is 0 Å². The minimum Gasteiger partial charge on any atom is -0.361 e. The van der Waals surface area contributed by atoms with Crippen LogP contribution in [0.15, 0.2) is 30.5 Å². The second kappa shape index (κ2) is 6.01. The molecule has 0 spiro atoms. The maximum atomic E-state index is 12.0. The molecule has 2 aromatic heterocycles. The third-order valence-electron chi connectivity index (χ3n) is 3.60. The number of hydrogen-bond acceptors (Lipinski definition) is 3. The lowest BCUT2D eigenvalue weighted by Crippen LogP contribution is -2.13. The second-order valence-electron chi connectivity index (χ2n) is 5.61. The molecule has 0 unspecified atom stereocenters. The summed E-state index contributed by atoms with van der Waals surface area (Å²) in [5, 5.41) is 10.7.